The maximum Gasteiger partial charge on any atom is 0.235 e. The maximum atomic E-state index is 10.9. The van der Waals surface area contributed by atoms with Crippen molar-refractivity contribution < 1.29 is 4.79 Å². The lowest BCUT2D eigenvalue weighted by Gasteiger charge is -2.10. The van der Waals surface area contributed by atoms with Crippen LogP contribution in [0.5, 0.6) is 0 Å². The molecular weight excluding hydrogens is 202 g/mol. The zero-order valence-corrected chi connectivity index (χ0v) is 9.06. The summed E-state index contributed by atoms with van der Waals surface area (Å²) in [6, 6.07) is 2.02. The van der Waals surface area contributed by atoms with Crippen LogP contribution < -0.4 is 5.32 Å². The van der Waals surface area contributed by atoms with Crippen LogP contribution in [0, 0.1) is 6.92 Å². The molecule has 0 aliphatic rings. The van der Waals surface area contributed by atoms with E-state index in [1.54, 1.807) is 0 Å². The molecule has 0 bridgehead atoms. The number of aromatic amines is 1. The number of nitrogens with zero attached hydrogens (tertiary/aromatic N) is 1. The first-order chi connectivity index (χ1) is 6.61. The number of aryl methyl sites for hydroxylation is 1. The highest BCUT2D eigenvalue weighted by atomic mass is 35.5. The van der Waals surface area contributed by atoms with E-state index < -0.39 is 0 Å². The molecule has 1 aromatic heterocycles. The number of hydrogen-bond donors (Lipinski definition) is 2. The van der Waals surface area contributed by atoms with Crippen LogP contribution >= 0.6 is 11.6 Å². The molecule has 0 saturated carbocycles. The lowest BCUT2D eigenvalue weighted by atomic mass is 10.2. The lowest BCUT2D eigenvalue weighted by Crippen LogP contribution is -2.34. The minimum atomic E-state index is -0.147. The Morgan fingerprint density at radius 1 is 1.79 bits per heavy atom. The molecular formula is C9H14ClN3O. The molecule has 1 aromatic rings. The maximum absolute atomic E-state index is 10.9. The predicted molar refractivity (Wildman–Crippen MR) is 55.4 cm³/mol. The van der Waals surface area contributed by atoms with Gasteiger partial charge in [-0.3, -0.25) is 9.89 Å². The van der Waals surface area contributed by atoms with Crippen LogP contribution in [0.25, 0.3) is 0 Å². The Kier molecular flexibility index (Phi) is 3.95. The Bertz CT molecular complexity index is 311. The fourth-order valence-corrected chi connectivity index (χ4v) is 1.33. The molecule has 5 heteroatoms. The standard InChI is InChI=1S/C9H14ClN3O/c1-6(11-9(14)5-10)3-8-4-7(2)12-13-8/h4,6H,3,5H2,1-2H3,(H,11,14)(H,12,13). The molecule has 14 heavy (non-hydrogen) atoms. The highest BCUT2D eigenvalue weighted by Crippen LogP contribution is 2.01. The van der Waals surface area contributed by atoms with Crippen molar-refractivity contribution in [1.82, 2.24) is 15.5 Å². The van der Waals surface area contributed by atoms with E-state index in [2.05, 4.69) is 15.5 Å². The summed E-state index contributed by atoms with van der Waals surface area (Å²) in [5.74, 6) is -0.143. The largest absolute Gasteiger partial charge is 0.352 e. The van der Waals surface area contributed by atoms with Crippen molar-refractivity contribution in [3.63, 3.8) is 0 Å². The quantitative estimate of drug-likeness (QED) is 0.737. The first-order valence-corrected chi connectivity index (χ1v) is 5.01. The normalized spacial score (nSPS) is 12.5. The molecule has 1 amide bonds. The van der Waals surface area contributed by atoms with Gasteiger partial charge in [-0.25, -0.2) is 0 Å². The minimum absolute atomic E-state index is 0.00390. The summed E-state index contributed by atoms with van der Waals surface area (Å²) in [4.78, 5) is 10.9. The van der Waals surface area contributed by atoms with Gasteiger partial charge in [-0.05, 0) is 19.9 Å². The SMILES string of the molecule is Cc1cc(CC(C)NC(=O)CCl)n[nH]1. The fourth-order valence-electron chi connectivity index (χ4n) is 1.26. The van der Waals surface area contributed by atoms with E-state index >= 15 is 0 Å². The van der Waals surface area contributed by atoms with Gasteiger partial charge in [0.05, 0.1) is 5.69 Å². The van der Waals surface area contributed by atoms with Crippen LogP contribution in [0.2, 0.25) is 0 Å². The van der Waals surface area contributed by atoms with Gasteiger partial charge in [-0.1, -0.05) is 0 Å². The number of nitrogens with one attached hydrogen (secondary N) is 2. The number of carbonyl (C=O) groups is 1. The van der Waals surface area contributed by atoms with Crippen molar-refractivity contribution in [1.29, 1.82) is 0 Å². The second-order valence-corrected chi connectivity index (χ2v) is 3.62. The molecule has 0 radical (unpaired) electrons. The first kappa shape index (κ1) is 11.0. The van der Waals surface area contributed by atoms with Crippen molar-refractivity contribution in [2.75, 3.05) is 5.88 Å². The van der Waals surface area contributed by atoms with Gasteiger partial charge in [0.1, 0.15) is 5.88 Å². The number of rotatable bonds is 4. The lowest BCUT2D eigenvalue weighted by molar-refractivity contribution is -0.119. The van der Waals surface area contributed by atoms with Gasteiger partial charge in [-0.2, -0.15) is 5.10 Å². The zero-order valence-electron chi connectivity index (χ0n) is 8.30. The Morgan fingerprint density at radius 3 is 3.00 bits per heavy atom. The van der Waals surface area contributed by atoms with Crippen molar-refractivity contribution >= 4 is 17.5 Å². The third kappa shape index (κ3) is 3.38. The number of H-pyrrole nitrogens is 1. The minimum Gasteiger partial charge on any atom is -0.352 e. The van der Waals surface area contributed by atoms with E-state index in [-0.39, 0.29) is 17.8 Å². The van der Waals surface area contributed by atoms with Gasteiger partial charge in [0.2, 0.25) is 5.91 Å². The molecule has 4 nitrogen and oxygen atoms in total. The number of alkyl halides is 1. The highest BCUT2D eigenvalue weighted by molar-refractivity contribution is 6.27. The molecule has 1 rings (SSSR count). The zero-order chi connectivity index (χ0) is 10.6. The Labute approximate surface area is 88.0 Å². The Morgan fingerprint density at radius 2 is 2.50 bits per heavy atom. The Hall–Kier alpha value is -1.03. The Balaban J connectivity index is 2.41. The fraction of sp³-hybridized carbons (Fsp3) is 0.556. The predicted octanol–water partition coefficient (Wildman–Crippen LogP) is 1.00. The number of aromatic nitrogens is 2. The highest BCUT2D eigenvalue weighted by Gasteiger charge is 2.08. The van der Waals surface area contributed by atoms with Crippen LogP contribution in [0.3, 0.4) is 0 Å². The molecule has 0 spiro atoms. The summed E-state index contributed by atoms with van der Waals surface area (Å²) in [6.45, 7) is 3.87. The molecule has 1 unspecified atom stereocenters. The molecule has 0 saturated heterocycles. The summed E-state index contributed by atoms with van der Waals surface area (Å²) in [7, 11) is 0. The van der Waals surface area contributed by atoms with Crippen LogP contribution in [0.15, 0.2) is 6.07 Å². The van der Waals surface area contributed by atoms with Gasteiger partial charge < -0.3 is 5.32 Å². The van der Waals surface area contributed by atoms with E-state index in [4.69, 9.17) is 11.6 Å². The van der Waals surface area contributed by atoms with Crippen LogP contribution in [-0.2, 0) is 11.2 Å². The summed E-state index contributed by atoms with van der Waals surface area (Å²) in [5, 5.41) is 9.69. The second-order valence-electron chi connectivity index (χ2n) is 3.35. The van der Waals surface area contributed by atoms with Gasteiger partial charge in [0, 0.05) is 18.2 Å². The number of halogens is 1. The summed E-state index contributed by atoms with van der Waals surface area (Å²) in [5.41, 5.74) is 1.97. The van der Waals surface area contributed by atoms with Crippen molar-refractivity contribution in [3.8, 4) is 0 Å². The topological polar surface area (TPSA) is 57.8 Å². The van der Waals surface area contributed by atoms with E-state index in [0.29, 0.717) is 6.42 Å². The van der Waals surface area contributed by atoms with E-state index in [0.717, 1.165) is 11.4 Å². The third-order valence-electron chi connectivity index (χ3n) is 1.80. The van der Waals surface area contributed by atoms with E-state index in [1.165, 1.54) is 0 Å². The molecule has 0 fully saturated rings. The van der Waals surface area contributed by atoms with Gasteiger partial charge in [0.25, 0.3) is 0 Å². The van der Waals surface area contributed by atoms with Crippen LogP contribution in [0.1, 0.15) is 18.3 Å². The molecule has 0 aliphatic carbocycles. The number of hydrogen-bond acceptors (Lipinski definition) is 2. The summed E-state index contributed by atoms with van der Waals surface area (Å²) in [6.07, 6.45) is 0.715. The monoisotopic (exact) mass is 215 g/mol. The molecule has 1 heterocycles. The van der Waals surface area contributed by atoms with Crippen LogP contribution in [-0.4, -0.2) is 28.0 Å². The van der Waals surface area contributed by atoms with Gasteiger partial charge in [0.15, 0.2) is 0 Å². The van der Waals surface area contributed by atoms with Gasteiger partial charge in [-0.15, -0.1) is 11.6 Å². The van der Waals surface area contributed by atoms with Crippen LogP contribution in [0.4, 0.5) is 0 Å². The molecule has 0 aliphatic heterocycles. The molecule has 2 N–H and O–H groups in total. The molecule has 78 valence electrons. The smallest absolute Gasteiger partial charge is 0.235 e. The average Bonchev–Trinajstić information content (AvgIpc) is 2.50. The second kappa shape index (κ2) is 5.00. The summed E-state index contributed by atoms with van der Waals surface area (Å²) >= 11 is 5.37. The number of amides is 1. The van der Waals surface area contributed by atoms with Gasteiger partial charge >= 0.3 is 0 Å². The van der Waals surface area contributed by atoms with E-state index in [1.807, 2.05) is 19.9 Å². The van der Waals surface area contributed by atoms with E-state index in [9.17, 15) is 4.79 Å². The molecule has 1 atom stereocenters. The number of carbonyl (C=O) groups excluding carboxylic acids is 1. The first-order valence-electron chi connectivity index (χ1n) is 4.48. The van der Waals surface area contributed by atoms with Crippen molar-refractivity contribution in [2.24, 2.45) is 0 Å². The average molecular weight is 216 g/mol. The molecule has 0 aromatic carbocycles. The van der Waals surface area contributed by atoms with Crippen molar-refractivity contribution in [2.45, 2.75) is 26.3 Å². The van der Waals surface area contributed by atoms with Crippen molar-refractivity contribution in [3.05, 3.63) is 17.5 Å². The third-order valence-corrected chi connectivity index (χ3v) is 2.05. The summed E-state index contributed by atoms with van der Waals surface area (Å²) < 4.78 is 0.